The van der Waals surface area contributed by atoms with E-state index in [0.717, 1.165) is 18.6 Å². The smallest absolute Gasteiger partial charge is 0.426 e. The van der Waals surface area contributed by atoms with E-state index in [0.29, 0.717) is 24.1 Å². The quantitative estimate of drug-likeness (QED) is 0.847. The second kappa shape index (κ2) is 6.53. The van der Waals surface area contributed by atoms with Gasteiger partial charge >= 0.3 is 12.3 Å². The van der Waals surface area contributed by atoms with E-state index in [9.17, 15) is 18.0 Å². The van der Waals surface area contributed by atoms with E-state index >= 15 is 0 Å². The van der Waals surface area contributed by atoms with Gasteiger partial charge in [-0.3, -0.25) is 5.01 Å². The second-order valence-electron chi connectivity index (χ2n) is 6.93. The Kier molecular flexibility index (Phi) is 5.01. The molecule has 1 heterocycles. The summed E-state index contributed by atoms with van der Waals surface area (Å²) in [4.78, 5) is 12.1. The molecule has 1 N–H and O–H groups in total. The Labute approximate surface area is 139 Å². The lowest BCUT2D eigenvalue weighted by Crippen LogP contribution is -2.52. The van der Waals surface area contributed by atoms with Crippen LogP contribution in [-0.4, -0.2) is 17.7 Å². The molecular formula is C17H23F3N2O2. The summed E-state index contributed by atoms with van der Waals surface area (Å²) in [7, 11) is 0. The Balaban J connectivity index is 2.28. The summed E-state index contributed by atoms with van der Waals surface area (Å²) in [6.07, 6.45) is -3.02. The minimum Gasteiger partial charge on any atom is -0.443 e. The fourth-order valence-electron chi connectivity index (χ4n) is 2.78. The maximum atomic E-state index is 12.9. The van der Waals surface area contributed by atoms with Crippen molar-refractivity contribution in [2.45, 2.75) is 64.8 Å². The largest absolute Gasteiger partial charge is 0.443 e. The number of aryl methyl sites for hydroxylation is 1. The lowest BCUT2D eigenvalue weighted by atomic mass is 9.94. The minimum atomic E-state index is -4.37. The number of fused-ring (bicyclic) bond motifs is 1. The van der Waals surface area contributed by atoms with E-state index in [4.69, 9.17) is 4.74 Å². The van der Waals surface area contributed by atoms with E-state index < -0.39 is 23.4 Å². The summed E-state index contributed by atoms with van der Waals surface area (Å²) in [6, 6.07) is 3.63. The predicted molar refractivity (Wildman–Crippen MR) is 85.7 cm³/mol. The highest BCUT2D eigenvalue weighted by Gasteiger charge is 2.34. The molecule has 1 aromatic carbocycles. The fraction of sp³-hybridized carbons (Fsp3) is 0.588. The number of alkyl halides is 3. The number of benzene rings is 1. The highest BCUT2D eigenvalue weighted by molar-refractivity contribution is 5.72. The SMILES string of the molecule is CCC1CCc2cc(C(F)(F)F)ccc2N1NC(=O)OC(C)(C)C. The average Bonchev–Trinajstić information content (AvgIpc) is 2.44. The third-order valence-electron chi connectivity index (χ3n) is 3.86. The molecule has 0 fully saturated rings. The van der Waals surface area contributed by atoms with Crippen LogP contribution in [0.1, 0.15) is 51.7 Å². The first-order chi connectivity index (χ1) is 11.0. The summed E-state index contributed by atoms with van der Waals surface area (Å²) >= 11 is 0. The first-order valence-electron chi connectivity index (χ1n) is 8.00. The van der Waals surface area contributed by atoms with E-state index in [2.05, 4.69) is 5.43 Å². The van der Waals surface area contributed by atoms with Crippen molar-refractivity contribution in [1.29, 1.82) is 0 Å². The highest BCUT2D eigenvalue weighted by Crippen LogP contribution is 2.36. The summed E-state index contributed by atoms with van der Waals surface area (Å²) < 4.78 is 43.9. The van der Waals surface area contributed by atoms with Crippen LogP contribution in [0.5, 0.6) is 0 Å². The van der Waals surface area contributed by atoms with Gasteiger partial charge in [0.2, 0.25) is 0 Å². The molecule has 0 radical (unpaired) electrons. The maximum Gasteiger partial charge on any atom is 0.426 e. The van der Waals surface area contributed by atoms with E-state index in [1.807, 2.05) is 6.92 Å². The third-order valence-corrected chi connectivity index (χ3v) is 3.86. The fourth-order valence-corrected chi connectivity index (χ4v) is 2.78. The Morgan fingerprint density at radius 2 is 2.00 bits per heavy atom. The monoisotopic (exact) mass is 344 g/mol. The number of ether oxygens (including phenoxy) is 1. The van der Waals surface area contributed by atoms with Crippen LogP contribution in [0, 0.1) is 0 Å². The van der Waals surface area contributed by atoms with Crippen LogP contribution in [0.15, 0.2) is 18.2 Å². The van der Waals surface area contributed by atoms with Crippen LogP contribution in [0.4, 0.5) is 23.7 Å². The zero-order chi connectivity index (χ0) is 18.1. The molecule has 0 bridgehead atoms. The first kappa shape index (κ1) is 18.4. The molecule has 2 rings (SSSR count). The molecule has 1 unspecified atom stereocenters. The average molecular weight is 344 g/mol. The number of carbonyl (C=O) groups excluding carboxylic acids is 1. The highest BCUT2D eigenvalue weighted by atomic mass is 19.4. The van der Waals surface area contributed by atoms with Gasteiger partial charge in [0.1, 0.15) is 5.60 Å². The van der Waals surface area contributed by atoms with Crippen LogP contribution in [0.3, 0.4) is 0 Å². The molecular weight excluding hydrogens is 321 g/mol. The minimum absolute atomic E-state index is 0.0155. The number of nitrogens with zero attached hydrogens (tertiary/aromatic N) is 1. The van der Waals surface area contributed by atoms with Crippen LogP contribution in [0.2, 0.25) is 0 Å². The number of halogens is 3. The lowest BCUT2D eigenvalue weighted by molar-refractivity contribution is -0.137. The molecule has 0 spiro atoms. The lowest BCUT2D eigenvalue weighted by Gasteiger charge is -2.38. The number of hydrogen-bond donors (Lipinski definition) is 1. The zero-order valence-electron chi connectivity index (χ0n) is 14.3. The normalized spacial score (nSPS) is 18.1. The molecule has 134 valence electrons. The number of rotatable bonds is 2. The van der Waals surface area contributed by atoms with Gasteiger partial charge < -0.3 is 4.74 Å². The summed E-state index contributed by atoms with van der Waals surface area (Å²) in [5.74, 6) is 0. The first-order valence-corrected chi connectivity index (χ1v) is 8.00. The molecule has 1 aliphatic heterocycles. The Bertz CT molecular complexity index is 609. The summed E-state index contributed by atoms with van der Waals surface area (Å²) in [5, 5.41) is 1.63. The summed E-state index contributed by atoms with van der Waals surface area (Å²) in [5.41, 5.74) is 2.53. The predicted octanol–water partition coefficient (Wildman–Crippen LogP) is 4.68. The Morgan fingerprint density at radius 1 is 1.33 bits per heavy atom. The summed E-state index contributed by atoms with van der Waals surface area (Å²) in [6.45, 7) is 7.24. The molecule has 0 aromatic heterocycles. The van der Waals surface area contributed by atoms with E-state index in [1.165, 1.54) is 6.07 Å². The van der Waals surface area contributed by atoms with Gasteiger partial charge in [-0.25, -0.2) is 10.2 Å². The second-order valence-corrected chi connectivity index (χ2v) is 6.93. The number of amides is 1. The Morgan fingerprint density at radius 3 is 2.54 bits per heavy atom. The number of nitrogens with one attached hydrogen (secondary N) is 1. The molecule has 1 aliphatic rings. The van der Waals surface area contributed by atoms with Crippen molar-refractivity contribution in [3.63, 3.8) is 0 Å². The van der Waals surface area contributed by atoms with Gasteiger partial charge in [0.25, 0.3) is 0 Å². The van der Waals surface area contributed by atoms with Gasteiger partial charge in [-0.2, -0.15) is 13.2 Å². The van der Waals surface area contributed by atoms with Crippen molar-refractivity contribution in [3.05, 3.63) is 29.3 Å². The van der Waals surface area contributed by atoms with Crippen molar-refractivity contribution >= 4 is 11.8 Å². The van der Waals surface area contributed by atoms with Gasteiger partial charge in [0.05, 0.1) is 17.3 Å². The van der Waals surface area contributed by atoms with Crippen molar-refractivity contribution < 1.29 is 22.7 Å². The van der Waals surface area contributed by atoms with Crippen LogP contribution in [-0.2, 0) is 17.3 Å². The number of anilines is 1. The van der Waals surface area contributed by atoms with Crippen molar-refractivity contribution in [1.82, 2.24) is 5.43 Å². The van der Waals surface area contributed by atoms with E-state index in [1.54, 1.807) is 25.8 Å². The molecule has 0 saturated carbocycles. The van der Waals surface area contributed by atoms with Gasteiger partial charge in [-0.1, -0.05) is 6.92 Å². The number of carbonyl (C=O) groups is 1. The third kappa shape index (κ3) is 4.33. The van der Waals surface area contributed by atoms with Gasteiger partial charge in [0, 0.05) is 0 Å². The molecule has 4 nitrogen and oxygen atoms in total. The molecule has 24 heavy (non-hydrogen) atoms. The molecule has 1 atom stereocenters. The van der Waals surface area contributed by atoms with Gasteiger partial charge in [0.15, 0.2) is 0 Å². The standard InChI is InChI=1S/C17H23F3N2O2/c1-5-13-8-6-11-10-12(17(18,19)20)7-9-14(11)22(13)21-15(23)24-16(2,3)4/h7,9-10,13H,5-6,8H2,1-4H3,(H,21,23). The zero-order valence-corrected chi connectivity index (χ0v) is 14.3. The van der Waals surface area contributed by atoms with E-state index in [-0.39, 0.29) is 6.04 Å². The Hall–Kier alpha value is -1.92. The molecule has 1 amide bonds. The molecule has 7 heteroatoms. The van der Waals surface area contributed by atoms with Crippen LogP contribution in [0.25, 0.3) is 0 Å². The van der Waals surface area contributed by atoms with Crippen molar-refractivity contribution in [2.75, 3.05) is 5.01 Å². The van der Waals surface area contributed by atoms with Gasteiger partial charge in [-0.05, 0) is 63.8 Å². The van der Waals surface area contributed by atoms with Crippen LogP contribution >= 0.6 is 0 Å². The number of hydrazine groups is 1. The van der Waals surface area contributed by atoms with Crippen LogP contribution < -0.4 is 10.4 Å². The molecule has 0 saturated heterocycles. The van der Waals surface area contributed by atoms with Crippen molar-refractivity contribution in [3.8, 4) is 0 Å². The topological polar surface area (TPSA) is 41.6 Å². The number of hydrogen-bond acceptors (Lipinski definition) is 3. The molecule has 0 aliphatic carbocycles. The van der Waals surface area contributed by atoms with Crippen molar-refractivity contribution in [2.24, 2.45) is 0 Å². The molecule has 1 aromatic rings. The van der Waals surface area contributed by atoms with Gasteiger partial charge in [-0.15, -0.1) is 0 Å². The maximum absolute atomic E-state index is 12.9.